The lowest BCUT2D eigenvalue weighted by molar-refractivity contribution is -0.105. The maximum atomic E-state index is 12.2. The molecule has 2 aromatic carbocycles. The predicted octanol–water partition coefficient (Wildman–Crippen LogP) is 3.60. The molecule has 2 aliphatic rings. The molecule has 2 aromatic rings. The van der Waals surface area contributed by atoms with Gasteiger partial charge in [-0.1, -0.05) is 7.43 Å². The molecule has 2 N–H and O–H groups in total. The molecule has 0 aliphatic carbocycles. The van der Waals surface area contributed by atoms with Crippen molar-refractivity contribution in [1.29, 1.82) is 0 Å². The normalized spacial score (nSPS) is 13.0. The summed E-state index contributed by atoms with van der Waals surface area (Å²) in [5, 5.41) is 5.60. The number of nitrogens with zero attached hydrogens (tertiary/aromatic N) is 2. The Morgan fingerprint density at radius 2 is 1.17 bits per heavy atom. The molecule has 0 unspecified atom stereocenters. The number of ether oxygens (including phenoxy) is 4. The Morgan fingerprint density at radius 1 is 0.783 bits per heavy atom. The summed E-state index contributed by atoms with van der Waals surface area (Å²) in [6.45, 7) is 12.8. The summed E-state index contributed by atoms with van der Waals surface area (Å²) in [5.41, 5.74) is 1.80. The van der Waals surface area contributed by atoms with Gasteiger partial charge in [-0.15, -0.1) is 0 Å². The minimum atomic E-state index is -0.593. The molecule has 2 heterocycles. The molecule has 0 bridgehead atoms. The molecule has 8 radical (unpaired) electrons. The molecule has 0 saturated carbocycles. The van der Waals surface area contributed by atoms with E-state index in [1.807, 2.05) is 66.8 Å². The van der Waals surface area contributed by atoms with Crippen LogP contribution in [0.1, 0.15) is 49.0 Å². The third-order valence-electron chi connectivity index (χ3n) is 5.83. The summed E-state index contributed by atoms with van der Waals surface area (Å²) in [6, 6.07) is 10.8. The van der Waals surface area contributed by atoms with Crippen molar-refractivity contribution < 1.29 is 33.3 Å². The number of hydrogen-bond donors (Lipinski definition) is 2. The van der Waals surface area contributed by atoms with Gasteiger partial charge in [0.2, 0.25) is 6.41 Å². The Bertz CT molecular complexity index is 1300. The average molecular weight is 624 g/mol. The van der Waals surface area contributed by atoms with E-state index in [2.05, 4.69) is 10.6 Å². The van der Waals surface area contributed by atoms with Crippen molar-refractivity contribution in [3.63, 3.8) is 0 Å². The number of nitrogens with one attached hydrogen (secondary N) is 2. The third-order valence-corrected chi connectivity index (χ3v) is 5.83. The Labute approximate surface area is 279 Å². The lowest BCUT2D eigenvalue weighted by atomic mass is 8.81. The van der Waals surface area contributed by atoms with Crippen LogP contribution in [0.4, 0.5) is 32.3 Å². The summed E-state index contributed by atoms with van der Waals surface area (Å²) in [6.07, 6.45) is -1.37. The average Bonchev–Trinajstić information content (AvgIpc) is 2.95. The summed E-state index contributed by atoms with van der Waals surface area (Å²) in [4.78, 5) is 38.0. The standard InChI is InChI=1S/C14H18N2O4.C14H20N2O3.CH4.B6/c1-14(2,3)20-13(18)16-6-7-19-12-5-4-10(15-9-17)8-11(12)16;1-14(2,3)19-13(17)16-7-8-18-12-6-5-10(15-4)9-11(12)16;;1-5(2)6(3)4/h4-5,8-9H,6-7H2,1-3H3,(H,15,17);5-6,9,15H,7-8H2,1-4H3;1H4;. The number of carbonyl (C=O) groups excluding carboxylic acids is 3. The smallest absolute Gasteiger partial charge is 0.415 e. The van der Waals surface area contributed by atoms with E-state index in [-0.39, 0.29) is 13.5 Å². The van der Waals surface area contributed by atoms with Crippen molar-refractivity contribution in [2.75, 3.05) is 53.8 Å². The van der Waals surface area contributed by atoms with Gasteiger partial charge in [0.15, 0.2) is 0 Å². The second-order valence-electron chi connectivity index (χ2n) is 12.0. The van der Waals surface area contributed by atoms with Crippen molar-refractivity contribution in [2.24, 2.45) is 0 Å². The van der Waals surface area contributed by atoms with Gasteiger partial charge in [-0.2, -0.15) is 0 Å². The molecule has 0 fully saturated rings. The molecule has 2 aliphatic heterocycles. The lowest BCUT2D eigenvalue weighted by Crippen LogP contribution is -2.41. The number of amides is 3. The van der Waals surface area contributed by atoms with Crippen LogP contribution in [-0.2, 0) is 14.3 Å². The van der Waals surface area contributed by atoms with Gasteiger partial charge in [-0.3, -0.25) is 14.6 Å². The molecule has 238 valence electrons. The highest BCUT2D eigenvalue weighted by Gasteiger charge is 2.29. The van der Waals surface area contributed by atoms with Crippen LogP contribution in [0.5, 0.6) is 11.5 Å². The predicted molar refractivity (Wildman–Crippen MR) is 192 cm³/mol. The van der Waals surface area contributed by atoms with Crippen LogP contribution in [0.25, 0.3) is 0 Å². The summed E-state index contributed by atoms with van der Waals surface area (Å²) < 4.78 is 21.9. The van der Waals surface area contributed by atoms with E-state index < -0.39 is 30.1 Å². The van der Waals surface area contributed by atoms with Gasteiger partial charge in [0, 0.05) is 62.1 Å². The largest absolute Gasteiger partial charge is 0.490 e. The number of hydrogen-bond acceptors (Lipinski definition) is 8. The van der Waals surface area contributed by atoms with Crippen molar-refractivity contribution in [3.05, 3.63) is 36.4 Å². The molecule has 11 nitrogen and oxygen atoms in total. The first kappa shape index (κ1) is 40.3. The Hall–Kier alpha value is -3.76. The zero-order chi connectivity index (χ0) is 33.9. The molecule has 46 heavy (non-hydrogen) atoms. The van der Waals surface area contributed by atoms with E-state index in [4.69, 9.17) is 49.9 Å². The second-order valence-corrected chi connectivity index (χ2v) is 12.0. The minimum Gasteiger partial charge on any atom is -0.490 e. The Balaban J connectivity index is 0.000000385. The van der Waals surface area contributed by atoms with Gasteiger partial charge in [-0.05, 0) is 77.9 Å². The number of rotatable bonds is 4. The van der Waals surface area contributed by atoms with E-state index in [0.717, 1.165) is 11.4 Å². The van der Waals surface area contributed by atoms with Crippen molar-refractivity contribution in [3.8, 4) is 11.5 Å². The van der Waals surface area contributed by atoms with Crippen LogP contribution < -0.4 is 29.9 Å². The number of anilines is 4. The highest BCUT2D eigenvalue weighted by Crippen LogP contribution is 2.36. The first-order chi connectivity index (χ1) is 21.0. The fraction of sp³-hybridized carbons (Fsp3) is 0.483. The first-order valence-corrected chi connectivity index (χ1v) is 14.4. The van der Waals surface area contributed by atoms with Crippen LogP contribution >= 0.6 is 0 Å². The van der Waals surface area contributed by atoms with Crippen LogP contribution in [0.15, 0.2) is 36.4 Å². The molecule has 17 heteroatoms. The van der Waals surface area contributed by atoms with Crippen LogP contribution in [0, 0.1) is 0 Å². The Kier molecular flexibility index (Phi) is 15.6. The van der Waals surface area contributed by atoms with Crippen molar-refractivity contribution in [1.82, 2.24) is 0 Å². The molecule has 0 saturated heterocycles. The van der Waals surface area contributed by atoms with Gasteiger partial charge in [0.1, 0.15) is 35.9 Å². The fourth-order valence-corrected chi connectivity index (χ4v) is 3.76. The number of benzene rings is 2. The number of carbonyl (C=O) groups is 3. The van der Waals surface area contributed by atoms with Crippen LogP contribution in [-0.4, -0.2) is 107 Å². The van der Waals surface area contributed by atoms with E-state index in [1.54, 1.807) is 23.1 Å². The Morgan fingerprint density at radius 3 is 1.52 bits per heavy atom. The van der Waals surface area contributed by atoms with E-state index in [9.17, 15) is 14.4 Å². The quantitative estimate of drug-likeness (QED) is 0.392. The van der Waals surface area contributed by atoms with Crippen LogP contribution in [0.3, 0.4) is 0 Å². The van der Waals surface area contributed by atoms with Gasteiger partial charge in [0.05, 0.1) is 24.5 Å². The zero-order valence-electron chi connectivity index (χ0n) is 27.1. The molecule has 0 atom stereocenters. The van der Waals surface area contributed by atoms with E-state index in [1.165, 1.54) is 4.90 Å². The minimum absolute atomic E-state index is 0. The lowest BCUT2D eigenvalue weighted by Gasteiger charge is -2.31. The fourth-order valence-electron chi connectivity index (χ4n) is 3.76. The highest BCUT2D eigenvalue weighted by atomic mass is 16.6. The van der Waals surface area contributed by atoms with Crippen LogP contribution in [0.2, 0.25) is 0 Å². The maximum Gasteiger partial charge on any atom is 0.415 e. The third kappa shape index (κ3) is 12.9. The molecular formula is C29H42B6N4O7. The molecule has 4 rings (SSSR count). The highest BCUT2D eigenvalue weighted by molar-refractivity contribution is 7.76. The van der Waals surface area contributed by atoms with E-state index >= 15 is 0 Å². The SMILES string of the molecule is C.CC(C)(C)OC(=O)N1CCOc2ccc(NC=O)cc21.CNc1ccc2c(c1)N(C(=O)OC(C)(C)C)CCO2.[B]B([B])B([B])[B]. The first-order valence-electron chi connectivity index (χ1n) is 14.4. The van der Waals surface area contributed by atoms with Gasteiger partial charge < -0.3 is 29.6 Å². The summed E-state index contributed by atoms with van der Waals surface area (Å²) in [5.74, 6) is 1.30. The molecular weight excluding hydrogens is 581 g/mol. The molecule has 0 spiro atoms. The number of fused-ring (bicyclic) bond motifs is 2. The molecule has 0 aromatic heterocycles. The van der Waals surface area contributed by atoms with Gasteiger partial charge in [0.25, 0.3) is 0 Å². The monoisotopic (exact) mass is 624 g/mol. The second kappa shape index (κ2) is 17.8. The van der Waals surface area contributed by atoms with Crippen molar-refractivity contribution >= 4 is 85.1 Å². The maximum absolute atomic E-state index is 12.2. The van der Waals surface area contributed by atoms with E-state index in [0.29, 0.717) is 55.6 Å². The topological polar surface area (TPSA) is 119 Å². The summed E-state index contributed by atoms with van der Waals surface area (Å²) in [7, 11) is 21.7. The van der Waals surface area contributed by atoms with Crippen molar-refractivity contribution in [2.45, 2.75) is 60.2 Å². The summed E-state index contributed by atoms with van der Waals surface area (Å²) >= 11 is 0. The van der Waals surface area contributed by atoms with Gasteiger partial charge in [-0.25, -0.2) is 9.59 Å². The molecule has 3 amide bonds. The zero-order valence-corrected chi connectivity index (χ0v) is 27.1. The van der Waals surface area contributed by atoms with Gasteiger partial charge >= 0.3 is 12.2 Å².